The first-order valence-electron chi connectivity index (χ1n) is 11.4. The van der Waals surface area contributed by atoms with Crippen LogP contribution < -0.4 is 15.0 Å². The van der Waals surface area contributed by atoms with Gasteiger partial charge in [0, 0.05) is 10.9 Å². The number of methoxy groups -OCH3 is 1. The molecular formula is C27H23BrIN3O5. The van der Waals surface area contributed by atoms with Crippen LogP contribution in [0.25, 0.3) is 10.9 Å². The van der Waals surface area contributed by atoms with Crippen molar-refractivity contribution in [3.63, 3.8) is 0 Å². The number of carboxylic acid groups (broad SMARTS) is 1. The van der Waals surface area contributed by atoms with Crippen molar-refractivity contribution in [1.82, 2.24) is 9.66 Å². The molecule has 1 aromatic heterocycles. The third-order valence-electron chi connectivity index (χ3n) is 5.48. The second-order valence-electron chi connectivity index (χ2n) is 8.13. The van der Waals surface area contributed by atoms with E-state index in [1.807, 2.05) is 25.1 Å². The molecule has 0 spiro atoms. The summed E-state index contributed by atoms with van der Waals surface area (Å²) in [7, 11) is 1.54. The number of aromatic nitrogens is 2. The van der Waals surface area contributed by atoms with Gasteiger partial charge in [-0.15, -0.1) is 0 Å². The fraction of sp³-hybridized carbons (Fsp3) is 0.185. The van der Waals surface area contributed by atoms with Crippen molar-refractivity contribution in [3.05, 3.63) is 95.5 Å². The molecule has 0 saturated carbocycles. The Balaban J connectivity index is 1.65. The molecule has 0 aliphatic rings. The third-order valence-corrected chi connectivity index (χ3v) is 6.77. The molecule has 8 nitrogen and oxygen atoms in total. The van der Waals surface area contributed by atoms with E-state index >= 15 is 0 Å². The first-order valence-corrected chi connectivity index (χ1v) is 13.3. The first-order chi connectivity index (χ1) is 17.8. The molecule has 1 heterocycles. The van der Waals surface area contributed by atoms with E-state index in [2.05, 4.69) is 48.6 Å². The summed E-state index contributed by atoms with van der Waals surface area (Å²) in [5.74, 6) is 0.614. The average molecular weight is 676 g/mol. The van der Waals surface area contributed by atoms with Crippen molar-refractivity contribution >= 4 is 61.6 Å². The second kappa shape index (κ2) is 11.9. The van der Waals surface area contributed by atoms with E-state index in [1.54, 1.807) is 43.7 Å². The zero-order chi connectivity index (χ0) is 26.5. The van der Waals surface area contributed by atoms with E-state index < -0.39 is 5.97 Å². The number of halogens is 2. The Morgan fingerprint density at radius 2 is 2.03 bits per heavy atom. The fourth-order valence-electron chi connectivity index (χ4n) is 3.73. The minimum absolute atomic E-state index is 0.176. The number of benzene rings is 3. The van der Waals surface area contributed by atoms with Gasteiger partial charge in [-0.2, -0.15) is 9.78 Å². The van der Waals surface area contributed by atoms with Crippen molar-refractivity contribution in [3.8, 4) is 11.5 Å². The van der Waals surface area contributed by atoms with E-state index in [0.29, 0.717) is 40.2 Å². The van der Waals surface area contributed by atoms with Crippen LogP contribution in [0, 0.1) is 3.57 Å². The Morgan fingerprint density at radius 3 is 2.76 bits per heavy atom. The van der Waals surface area contributed by atoms with Crippen LogP contribution >= 0.6 is 38.5 Å². The van der Waals surface area contributed by atoms with Crippen molar-refractivity contribution in [2.75, 3.05) is 7.11 Å². The summed E-state index contributed by atoms with van der Waals surface area (Å²) in [5, 5.41) is 14.2. The quantitative estimate of drug-likeness (QED) is 0.176. The summed E-state index contributed by atoms with van der Waals surface area (Å²) in [6.07, 6.45) is 3.02. The molecule has 0 aliphatic carbocycles. The van der Waals surface area contributed by atoms with Crippen LogP contribution in [0.5, 0.6) is 11.5 Å². The van der Waals surface area contributed by atoms with E-state index in [0.717, 1.165) is 20.0 Å². The maximum atomic E-state index is 13.2. The highest BCUT2D eigenvalue weighted by Gasteiger charge is 2.14. The molecule has 190 valence electrons. The minimum Gasteiger partial charge on any atom is -0.493 e. The van der Waals surface area contributed by atoms with E-state index in [4.69, 9.17) is 9.47 Å². The molecule has 0 aliphatic heterocycles. The number of aryl methyl sites for hydroxylation is 1. The smallest absolute Gasteiger partial charge is 0.335 e. The minimum atomic E-state index is -0.992. The first kappa shape index (κ1) is 26.8. The molecule has 0 atom stereocenters. The van der Waals surface area contributed by atoms with Gasteiger partial charge in [-0.3, -0.25) is 4.79 Å². The molecule has 0 amide bonds. The van der Waals surface area contributed by atoms with Gasteiger partial charge in [0.15, 0.2) is 11.5 Å². The predicted octanol–water partition coefficient (Wildman–Crippen LogP) is 5.88. The number of aromatic carboxylic acids is 1. The Labute approximate surface area is 235 Å². The fourth-order valence-corrected chi connectivity index (χ4v) is 4.87. The van der Waals surface area contributed by atoms with Gasteiger partial charge in [-0.05, 0) is 82.6 Å². The Morgan fingerprint density at radius 1 is 1.22 bits per heavy atom. The van der Waals surface area contributed by atoms with Crippen LogP contribution in [-0.2, 0) is 13.0 Å². The predicted molar refractivity (Wildman–Crippen MR) is 154 cm³/mol. The third kappa shape index (κ3) is 6.19. The van der Waals surface area contributed by atoms with Crippen LogP contribution in [0.2, 0.25) is 0 Å². The molecule has 1 N–H and O–H groups in total. The molecule has 0 saturated heterocycles. The summed E-state index contributed by atoms with van der Waals surface area (Å²) >= 11 is 5.56. The summed E-state index contributed by atoms with van der Waals surface area (Å²) < 4.78 is 14.5. The average Bonchev–Trinajstić information content (AvgIpc) is 2.88. The lowest BCUT2D eigenvalue weighted by Crippen LogP contribution is -2.22. The standard InChI is InChI=1S/C27H23BrIN3O5/c1-3-5-24-31-22-9-8-19(28)13-20(22)26(33)32(24)30-14-17-11-21(29)25(23(12-17)36-2)37-15-16-6-4-7-18(10-16)27(34)35/h4,6-14H,3,5,15H2,1-2H3,(H,34,35). The van der Waals surface area contributed by atoms with Gasteiger partial charge >= 0.3 is 5.97 Å². The van der Waals surface area contributed by atoms with Gasteiger partial charge < -0.3 is 14.6 Å². The molecular weight excluding hydrogens is 653 g/mol. The zero-order valence-electron chi connectivity index (χ0n) is 20.1. The topological polar surface area (TPSA) is 103 Å². The van der Waals surface area contributed by atoms with Crippen LogP contribution in [0.4, 0.5) is 0 Å². The van der Waals surface area contributed by atoms with Gasteiger partial charge in [-0.1, -0.05) is 35.0 Å². The summed E-state index contributed by atoms with van der Waals surface area (Å²) in [5.41, 5.74) is 2.03. The van der Waals surface area contributed by atoms with E-state index in [1.165, 1.54) is 10.7 Å². The monoisotopic (exact) mass is 675 g/mol. The Hall–Kier alpha value is -3.25. The van der Waals surface area contributed by atoms with E-state index in [9.17, 15) is 14.7 Å². The highest BCUT2D eigenvalue weighted by molar-refractivity contribution is 14.1. The largest absolute Gasteiger partial charge is 0.493 e. The SMILES string of the molecule is CCCc1nc2ccc(Br)cc2c(=O)n1N=Cc1cc(I)c(OCc2cccc(C(=O)O)c2)c(OC)c1. The Bertz CT molecular complexity index is 1570. The lowest BCUT2D eigenvalue weighted by Gasteiger charge is -2.14. The van der Waals surface area contributed by atoms with Crippen LogP contribution in [-0.4, -0.2) is 34.1 Å². The molecule has 0 fully saturated rings. The number of hydrogen-bond acceptors (Lipinski definition) is 6. The van der Waals surface area contributed by atoms with E-state index in [-0.39, 0.29) is 17.7 Å². The molecule has 3 aromatic carbocycles. The zero-order valence-corrected chi connectivity index (χ0v) is 23.8. The number of hydrogen-bond donors (Lipinski definition) is 1. The van der Waals surface area contributed by atoms with Crippen molar-refractivity contribution < 1.29 is 19.4 Å². The summed E-state index contributed by atoms with van der Waals surface area (Å²) in [6, 6.07) is 15.6. The molecule has 10 heteroatoms. The summed E-state index contributed by atoms with van der Waals surface area (Å²) in [4.78, 5) is 29.1. The van der Waals surface area contributed by atoms with Gasteiger partial charge in [0.1, 0.15) is 12.4 Å². The lowest BCUT2D eigenvalue weighted by molar-refractivity contribution is 0.0696. The normalized spacial score (nSPS) is 11.2. The van der Waals surface area contributed by atoms with Crippen molar-refractivity contribution in [2.45, 2.75) is 26.4 Å². The number of rotatable bonds is 9. The van der Waals surface area contributed by atoms with Crippen molar-refractivity contribution in [2.24, 2.45) is 5.10 Å². The van der Waals surface area contributed by atoms with Crippen molar-refractivity contribution in [1.29, 1.82) is 0 Å². The highest BCUT2D eigenvalue weighted by atomic mass is 127. The van der Waals surface area contributed by atoms with Gasteiger partial charge in [0.25, 0.3) is 5.56 Å². The number of carbonyl (C=O) groups is 1. The van der Waals surface area contributed by atoms with Crippen LogP contribution in [0.15, 0.2) is 69.0 Å². The molecule has 0 radical (unpaired) electrons. The van der Waals surface area contributed by atoms with Gasteiger partial charge in [0.05, 0.1) is 33.4 Å². The lowest BCUT2D eigenvalue weighted by atomic mass is 10.1. The summed E-state index contributed by atoms with van der Waals surface area (Å²) in [6.45, 7) is 2.20. The molecule has 0 bridgehead atoms. The number of ether oxygens (including phenoxy) is 2. The van der Waals surface area contributed by atoms with Gasteiger partial charge in [-0.25, -0.2) is 9.78 Å². The molecule has 37 heavy (non-hydrogen) atoms. The number of nitrogens with zero attached hydrogens (tertiary/aromatic N) is 3. The molecule has 4 rings (SSSR count). The Kier molecular flexibility index (Phi) is 8.59. The van der Waals surface area contributed by atoms with Gasteiger partial charge in [0.2, 0.25) is 0 Å². The number of carboxylic acids is 1. The number of fused-ring (bicyclic) bond motifs is 1. The second-order valence-corrected chi connectivity index (χ2v) is 10.2. The van der Waals surface area contributed by atoms with Crippen LogP contribution in [0.3, 0.4) is 0 Å². The van der Waals surface area contributed by atoms with Crippen LogP contribution in [0.1, 0.15) is 40.7 Å². The molecule has 0 unspecified atom stereocenters. The maximum absolute atomic E-state index is 13.2. The molecule has 4 aromatic rings. The highest BCUT2D eigenvalue weighted by Crippen LogP contribution is 2.34. The maximum Gasteiger partial charge on any atom is 0.335 e.